The van der Waals surface area contributed by atoms with Gasteiger partial charge in [-0.15, -0.1) is 0 Å². The van der Waals surface area contributed by atoms with Crippen LogP contribution in [0.5, 0.6) is 0 Å². The molecule has 0 aliphatic heterocycles. The molecule has 0 aromatic carbocycles. The van der Waals surface area contributed by atoms with Gasteiger partial charge in [-0.05, 0) is 6.07 Å². The van der Waals surface area contributed by atoms with Crippen LogP contribution in [0.25, 0.3) is 0 Å². The van der Waals surface area contributed by atoms with Gasteiger partial charge in [0.05, 0.1) is 12.3 Å². The Morgan fingerprint density at radius 1 is 1.57 bits per heavy atom. The summed E-state index contributed by atoms with van der Waals surface area (Å²) in [7, 11) is 0. The lowest BCUT2D eigenvalue weighted by Gasteiger charge is -2.09. The minimum Gasteiger partial charge on any atom is -0.398 e. The molecule has 1 heterocycles. The molecule has 0 atom stereocenters. The van der Waals surface area contributed by atoms with Gasteiger partial charge in [-0.25, -0.2) is 13.8 Å². The van der Waals surface area contributed by atoms with E-state index >= 15 is 0 Å². The van der Waals surface area contributed by atoms with Crippen molar-refractivity contribution < 1.29 is 13.9 Å². The molecule has 3 N–H and O–H groups in total. The number of hydrogen-bond acceptors (Lipinski definition) is 3. The number of rotatable bonds is 3. The Morgan fingerprint density at radius 3 is 2.64 bits per heavy atom. The number of aliphatic hydroxyl groups is 1. The SMILES string of the molecule is Nc1cc(C(F)F)nc(CO)c1CBr. The second-order valence-electron chi connectivity index (χ2n) is 2.65. The summed E-state index contributed by atoms with van der Waals surface area (Å²) in [5.74, 6) is 0. The molecule has 1 aromatic rings. The van der Waals surface area contributed by atoms with Crippen molar-refractivity contribution in [3.8, 4) is 0 Å². The Kier molecular flexibility index (Phi) is 3.77. The second-order valence-corrected chi connectivity index (χ2v) is 3.21. The third kappa shape index (κ3) is 2.19. The van der Waals surface area contributed by atoms with Crippen molar-refractivity contribution in [3.05, 3.63) is 23.0 Å². The van der Waals surface area contributed by atoms with Crippen LogP contribution in [0.4, 0.5) is 14.5 Å². The number of nitrogens with two attached hydrogens (primary N) is 1. The minimum absolute atomic E-state index is 0.192. The second kappa shape index (κ2) is 4.65. The molecular weight excluding hydrogens is 258 g/mol. The molecule has 0 bridgehead atoms. The molecular formula is C8H9BrF2N2O. The molecule has 0 saturated heterocycles. The van der Waals surface area contributed by atoms with Gasteiger partial charge in [0.2, 0.25) is 0 Å². The van der Waals surface area contributed by atoms with E-state index in [2.05, 4.69) is 20.9 Å². The molecule has 0 spiro atoms. The van der Waals surface area contributed by atoms with E-state index in [1.165, 1.54) is 0 Å². The van der Waals surface area contributed by atoms with Crippen LogP contribution in [0.3, 0.4) is 0 Å². The topological polar surface area (TPSA) is 59.1 Å². The average molecular weight is 267 g/mol. The predicted octanol–water partition coefficient (Wildman–Crippen LogP) is 1.99. The summed E-state index contributed by atoms with van der Waals surface area (Å²) >= 11 is 3.14. The van der Waals surface area contributed by atoms with Crippen molar-refractivity contribution in [2.45, 2.75) is 18.4 Å². The number of alkyl halides is 3. The van der Waals surface area contributed by atoms with E-state index in [0.717, 1.165) is 6.07 Å². The van der Waals surface area contributed by atoms with Gasteiger partial charge in [-0.1, -0.05) is 15.9 Å². The molecule has 0 unspecified atom stereocenters. The Labute approximate surface area is 88.1 Å². The van der Waals surface area contributed by atoms with Gasteiger partial charge in [-0.3, -0.25) is 0 Å². The van der Waals surface area contributed by atoms with Crippen molar-refractivity contribution in [2.24, 2.45) is 0 Å². The molecule has 0 aliphatic rings. The fourth-order valence-electron chi connectivity index (χ4n) is 1.07. The van der Waals surface area contributed by atoms with Crippen LogP contribution < -0.4 is 5.73 Å². The van der Waals surface area contributed by atoms with Crippen LogP contribution in [0.1, 0.15) is 23.4 Å². The van der Waals surface area contributed by atoms with Crippen LogP contribution in [-0.2, 0) is 11.9 Å². The monoisotopic (exact) mass is 266 g/mol. The van der Waals surface area contributed by atoms with Gasteiger partial charge in [0.1, 0.15) is 5.69 Å². The number of nitrogens with zero attached hydrogens (tertiary/aromatic N) is 1. The highest BCUT2D eigenvalue weighted by atomic mass is 79.9. The molecule has 0 fully saturated rings. The van der Waals surface area contributed by atoms with Crippen molar-refractivity contribution in [1.29, 1.82) is 0 Å². The van der Waals surface area contributed by atoms with Crippen molar-refractivity contribution in [3.63, 3.8) is 0 Å². The molecule has 3 nitrogen and oxygen atoms in total. The highest BCUT2D eigenvalue weighted by molar-refractivity contribution is 9.08. The third-order valence-electron chi connectivity index (χ3n) is 1.77. The fraction of sp³-hybridized carbons (Fsp3) is 0.375. The predicted molar refractivity (Wildman–Crippen MR) is 52.2 cm³/mol. The first-order valence-electron chi connectivity index (χ1n) is 3.83. The summed E-state index contributed by atoms with van der Waals surface area (Å²) in [4.78, 5) is 3.61. The van der Waals surface area contributed by atoms with Crippen molar-refractivity contribution in [1.82, 2.24) is 4.98 Å². The van der Waals surface area contributed by atoms with E-state index < -0.39 is 18.7 Å². The quantitative estimate of drug-likeness (QED) is 0.823. The highest BCUT2D eigenvalue weighted by Gasteiger charge is 2.14. The maximum Gasteiger partial charge on any atom is 0.280 e. The van der Waals surface area contributed by atoms with Crippen LogP contribution in [0.2, 0.25) is 0 Å². The van der Waals surface area contributed by atoms with Crippen LogP contribution in [-0.4, -0.2) is 10.1 Å². The summed E-state index contributed by atoms with van der Waals surface area (Å²) in [5.41, 5.74) is 6.09. The van der Waals surface area contributed by atoms with Crippen molar-refractivity contribution in [2.75, 3.05) is 5.73 Å². The first kappa shape index (κ1) is 11.3. The number of aromatic nitrogens is 1. The Balaban J connectivity index is 3.24. The largest absolute Gasteiger partial charge is 0.398 e. The molecule has 6 heteroatoms. The van der Waals surface area contributed by atoms with Gasteiger partial charge in [0.15, 0.2) is 0 Å². The standard InChI is InChI=1S/C8H9BrF2N2O/c9-2-4-5(12)1-6(8(10)11)13-7(4)3-14/h1,8,14H,2-3H2,(H2,12,13). The molecule has 14 heavy (non-hydrogen) atoms. The molecule has 0 amide bonds. The first-order valence-corrected chi connectivity index (χ1v) is 4.95. The normalized spacial score (nSPS) is 10.9. The molecule has 0 saturated carbocycles. The molecule has 78 valence electrons. The molecule has 1 aromatic heterocycles. The van der Waals surface area contributed by atoms with Crippen LogP contribution in [0, 0.1) is 0 Å². The first-order chi connectivity index (χ1) is 6.60. The maximum absolute atomic E-state index is 12.3. The summed E-state index contributed by atoms with van der Waals surface area (Å²) in [6, 6.07) is 1.13. The van der Waals surface area contributed by atoms with Gasteiger partial charge in [0.25, 0.3) is 6.43 Å². The van der Waals surface area contributed by atoms with Gasteiger partial charge < -0.3 is 10.8 Å². The zero-order chi connectivity index (χ0) is 10.7. The van der Waals surface area contributed by atoms with Crippen molar-refractivity contribution >= 4 is 21.6 Å². The number of nitrogen functional groups attached to an aromatic ring is 1. The van der Waals surface area contributed by atoms with E-state index in [4.69, 9.17) is 10.8 Å². The van der Waals surface area contributed by atoms with E-state index in [9.17, 15) is 8.78 Å². The Bertz CT molecular complexity index is 333. The summed E-state index contributed by atoms with van der Waals surface area (Å²) in [6.07, 6.45) is -2.67. The van der Waals surface area contributed by atoms with E-state index in [1.54, 1.807) is 0 Å². The lowest BCUT2D eigenvalue weighted by atomic mass is 10.1. The van der Waals surface area contributed by atoms with Gasteiger partial charge in [0, 0.05) is 16.6 Å². The van der Waals surface area contributed by atoms with E-state index in [1.807, 2.05) is 0 Å². The fourth-order valence-corrected chi connectivity index (χ4v) is 1.71. The Hall–Kier alpha value is -0.750. The summed E-state index contributed by atoms with van der Waals surface area (Å²) in [5, 5.41) is 9.28. The number of hydrogen-bond donors (Lipinski definition) is 2. The number of halogens is 3. The van der Waals surface area contributed by atoms with Crippen LogP contribution in [0.15, 0.2) is 6.07 Å². The number of anilines is 1. The molecule has 1 rings (SSSR count). The lowest BCUT2D eigenvalue weighted by molar-refractivity contribution is 0.145. The lowest BCUT2D eigenvalue weighted by Crippen LogP contribution is -2.05. The minimum atomic E-state index is -2.67. The smallest absolute Gasteiger partial charge is 0.280 e. The van der Waals surface area contributed by atoms with E-state index in [-0.39, 0.29) is 11.4 Å². The number of pyridine rings is 1. The third-order valence-corrected chi connectivity index (χ3v) is 2.33. The van der Waals surface area contributed by atoms with Gasteiger partial charge in [-0.2, -0.15) is 0 Å². The average Bonchev–Trinajstić information content (AvgIpc) is 2.16. The zero-order valence-electron chi connectivity index (χ0n) is 7.17. The van der Waals surface area contributed by atoms with E-state index in [0.29, 0.717) is 10.9 Å². The molecule has 0 aliphatic carbocycles. The maximum atomic E-state index is 12.3. The van der Waals surface area contributed by atoms with Gasteiger partial charge >= 0.3 is 0 Å². The van der Waals surface area contributed by atoms with Crippen LogP contribution >= 0.6 is 15.9 Å². The zero-order valence-corrected chi connectivity index (χ0v) is 8.76. The summed E-state index contributed by atoms with van der Waals surface area (Å²) < 4.78 is 24.6. The molecule has 0 radical (unpaired) electrons. The highest BCUT2D eigenvalue weighted by Crippen LogP contribution is 2.25. The summed E-state index contributed by atoms with van der Waals surface area (Å²) in [6.45, 7) is -0.397. The Morgan fingerprint density at radius 2 is 2.21 bits per heavy atom. The number of aliphatic hydroxyl groups excluding tert-OH is 1.